The van der Waals surface area contributed by atoms with Crippen LogP contribution in [0.2, 0.25) is 0 Å². The standard InChI is InChI=1S/C11H13NO2/c1-8(2)11(14)12-7-9-4-3-5-10(13)6-9/h3-6,13H,1,7H2,2H3,(H,12,14). The van der Waals surface area contributed by atoms with Gasteiger partial charge in [-0.3, -0.25) is 4.79 Å². The highest BCUT2D eigenvalue weighted by Crippen LogP contribution is 2.10. The maximum atomic E-state index is 11.1. The third kappa shape index (κ3) is 2.94. The second kappa shape index (κ2) is 4.46. The largest absolute Gasteiger partial charge is 0.508 e. The summed E-state index contributed by atoms with van der Waals surface area (Å²) in [6, 6.07) is 6.76. The van der Waals surface area contributed by atoms with Gasteiger partial charge in [-0.15, -0.1) is 0 Å². The van der Waals surface area contributed by atoms with Crippen LogP contribution in [0, 0.1) is 0 Å². The lowest BCUT2D eigenvalue weighted by molar-refractivity contribution is -0.117. The van der Waals surface area contributed by atoms with Gasteiger partial charge in [-0.2, -0.15) is 0 Å². The van der Waals surface area contributed by atoms with Gasteiger partial charge in [0.2, 0.25) is 5.91 Å². The van der Waals surface area contributed by atoms with E-state index in [0.717, 1.165) is 5.56 Å². The molecule has 1 aromatic carbocycles. The van der Waals surface area contributed by atoms with Crippen molar-refractivity contribution < 1.29 is 9.90 Å². The first-order chi connectivity index (χ1) is 6.59. The molecular formula is C11H13NO2. The number of carbonyl (C=O) groups is 1. The van der Waals surface area contributed by atoms with Crippen molar-refractivity contribution in [2.45, 2.75) is 13.5 Å². The first-order valence-electron chi connectivity index (χ1n) is 4.31. The van der Waals surface area contributed by atoms with Crippen LogP contribution in [-0.2, 0) is 11.3 Å². The van der Waals surface area contributed by atoms with Gasteiger partial charge in [0.1, 0.15) is 5.75 Å². The number of rotatable bonds is 3. The molecule has 0 aliphatic rings. The number of carbonyl (C=O) groups excluding carboxylic acids is 1. The Bertz CT molecular complexity index is 358. The predicted octanol–water partition coefficient (Wildman–Crippen LogP) is 1.58. The normalized spacial score (nSPS) is 9.50. The van der Waals surface area contributed by atoms with Crippen molar-refractivity contribution in [1.82, 2.24) is 5.32 Å². The van der Waals surface area contributed by atoms with Gasteiger partial charge in [0.05, 0.1) is 0 Å². The zero-order valence-electron chi connectivity index (χ0n) is 8.08. The van der Waals surface area contributed by atoms with Gasteiger partial charge in [0, 0.05) is 12.1 Å². The lowest BCUT2D eigenvalue weighted by Crippen LogP contribution is -2.22. The molecule has 0 bridgehead atoms. The van der Waals surface area contributed by atoms with Crippen molar-refractivity contribution in [2.75, 3.05) is 0 Å². The first kappa shape index (κ1) is 10.3. The lowest BCUT2D eigenvalue weighted by Gasteiger charge is -2.04. The molecule has 3 nitrogen and oxygen atoms in total. The van der Waals surface area contributed by atoms with E-state index in [9.17, 15) is 4.79 Å². The smallest absolute Gasteiger partial charge is 0.246 e. The van der Waals surface area contributed by atoms with E-state index in [0.29, 0.717) is 12.1 Å². The van der Waals surface area contributed by atoms with Crippen LogP contribution in [0.3, 0.4) is 0 Å². The molecule has 0 aliphatic heterocycles. The average Bonchev–Trinajstić information content (AvgIpc) is 2.14. The van der Waals surface area contributed by atoms with E-state index in [-0.39, 0.29) is 11.7 Å². The third-order valence-electron chi connectivity index (χ3n) is 1.75. The molecule has 2 N–H and O–H groups in total. The number of phenolic OH excluding ortho intramolecular Hbond substituents is 1. The second-order valence-electron chi connectivity index (χ2n) is 3.13. The summed E-state index contributed by atoms with van der Waals surface area (Å²) in [5, 5.41) is 11.8. The summed E-state index contributed by atoms with van der Waals surface area (Å²) in [6.07, 6.45) is 0. The molecule has 0 saturated carbocycles. The SMILES string of the molecule is C=C(C)C(=O)NCc1cccc(O)c1. The van der Waals surface area contributed by atoms with Gasteiger partial charge in [-0.1, -0.05) is 18.7 Å². The van der Waals surface area contributed by atoms with Crippen LogP contribution < -0.4 is 5.32 Å². The Morgan fingerprint density at radius 3 is 2.86 bits per heavy atom. The van der Waals surface area contributed by atoms with Gasteiger partial charge in [0.25, 0.3) is 0 Å². The molecule has 14 heavy (non-hydrogen) atoms. The van der Waals surface area contributed by atoms with E-state index in [1.54, 1.807) is 25.1 Å². The number of nitrogens with one attached hydrogen (secondary N) is 1. The number of phenols is 1. The molecule has 0 aromatic heterocycles. The van der Waals surface area contributed by atoms with Gasteiger partial charge < -0.3 is 10.4 Å². The van der Waals surface area contributed by atoms with Gasteiger partial charge in [-0.05, 0) is 24.6 Å². The van der Waals surface area contributed by atoms with E-state index in [2.05, 4.69) is 11.9 Å². The fourth-order valence-electron chi connectivity index (χ4n) is 1.000. The Hall–Kier alpha value is -1.77. The molecule has 0 spiro atoms. The maximum Gasteiger partial charge on any atom is 0.246 e. The topological polar surface area (TPSA) is 49.3 Å². The summed E-state index contributed by atoms with van der Waals surface area (Å²) >= 11 is 0. The monoisotopic (exact) mass is 191 g/mol. The van der Waals surface area contributed by atoms with E-state index in [4.69, 9.17) is 5.11 Å². The number of hydrogen-bond acceptors (Lipinski definition) is 2. The summed E-state index contributed by atoms with van der Waals surface area (Å²) in [7, 11) is 0. The van der Waals surface area contributed by atoms with Crippen molar-refractivity contribution in [3.63, 3.8) is 0 Å². The molecule has 0 saturated heterocycles. The Morgan fingerprint density at radius 2 is 2.29 bits per heavy atom. The van der Waals surface area contributed by atoms with Crippen molar-refractivity contribution in [3.05, 3.63) is 42.0 Å². The predicted molar refractivity (Wildman–Crippen MR) is 54.8 cm³/mol. The number of aromatic hydroxyl groups is 1. The molecule has 1 aromatic rings. The van der Waals surface area contributed by atoms with E-state index >= 15 is 0 Å². The number of hydrogen-bond donors (Lipinski definition) is 2. The van der Waals surface area contributed by atoms with Gasteiger partial charge >= 0.3 is 0 Å². The van der Waals surface area contributed by atoms with Crippen LogP contribution in [0.25, 0.3) is 0 Å². The van der Waals surface area contributed by atoms with Crippen LogP contribution in [0.1, 0.15) is 12.5 Å². The minimum Gasteiger partial charge on any atom is -0.508 e. The Morgan fingerprint density at radius 1 is 1.57 bits per heavy atom. The van der Waals surface area contributed by atoms with Crippen LogP contribution in [0.4, 0.5) is 0 Å². The minimum atomic E-state index is -0.173. The molecule has 0 radical (unpaired) electrons. The summed E-state index contributed by atoms with van der Waals surface area (Å²) in [5.74, 6) is 0.0282. The highest BCUT2D eigenvalue weighted by molar-refractivity contribution is 5.91. The van der Waals surface area contributed by atoms with Gasteiger partial charge in [-0.25, -0.2) is 0 Å². The fourth-order valence-corrected chi connectivity index (χ4v) is 1.000. The second-order valence-corrected chi connectivity index (χ2v) is 3.13. The van der Waals surface area contributed by atoms with Crippen LogP contribution in [0.15, 0.2) is 36.4 Å². The molecule has 1 amide bonds. The van der Waals surface area contributed by atoms with Crippen LogP contribution >= 0.6 is 0 Å². The summed E-state index contributed by atoms with van der Waals surface area (Å²) in [5.41, 5.74) is 1.34. The number of benzene rings is 1. The summed E-state index contributed by atoms with van der Waals surface area (Å²) < 4.78 is 0. The van der Waals surface area contributed by atoms with Crippen molar-refractivity contribution in [1.29, 1.82) is 0 Å². The van der Waals surface area contributed by atoms with Crippen molar-refractivity contribution in [2.24, 2.45) is 0 Å². The molecule has 3 heteroatoms. The molecular weight excluding hydrogens is 178 g/mol. The number of amides is 1. The van der Waals surface area contributed by atoms with Crippen molar-refractivity contribution in [3.8, 4) is 5.75 Å². The molecule has 0 heterocycles. The maximum absolute atomic E-state index is 11.1. The molecule has 0 atom stereocenters. The molecule has 0 fully saturated rings. The van der Waals surface area contributed by atoms with Crippen LogP contribution in [0.5, 0.6) is 5.75 Å². The van der Waals surface area contributed by atoms with E-state index in [1.807, 2.05) is 6.07 Å². The van der Waals surface area contributed by atoms with Crippen LogP contribution in [-0.4, -0.2) is 11.0 Å². The molecule has 1 rings (SSSR count). The first-order valence-corrected chi connectivity index (χ1v) is 4.31. The lowest BCUT2D eigenvalue weighted by atomic mass is 10.2. The Labute approximate surface area is 83.1 Å². The quantitative estimate of drug-likeness (QED) is 0.713. The highest BCUT2D eigenvalue weighted by Gasteiger charge is 2.00. The zero-order chi connectivity index (χ0) is 10.6. The molecule has 0 unspecified atom stereocenters. The Kier molecular flexibility index (Phi) is 3.29. The summed E-state index contributed by atoms with van der Waals surface area (Å²) in [4.78, 5) is 11.1. The average molecular weight is 191 g/mol. The van der Waals surface area contributed by atoms with E-state index < -0.39 is 0 Å². The Balaban J connectivity index is 2.54. The van der Waals surface area contributed by atoms with Crippen molar-refractivity contribution >= 4 is 5.91 Å². The highest BCUT2D eigenvalue weighted by atomic mass is 16.3. The van der Waals surface area contributed by atoms with Gasteiger partial charge in [0.15, 0.2) is 0 Å². The van der Waals surface area contributed by atoms with E-state index in [1.165, 1.54) is 0 Å². The summed E-state index contributed by atoms with van der Waals surface area (Å²) in [6.45, 7) is 5.58. The zero-order valence-corrected chi connectivity index (χ0v) is 8.08. The minimum absolute atomic E-state index is 0.173. The molecule has 0 aliphatic carbocycles. The fraction of sp³-hybridized carbons (Fsp3) is 0.182. The molecule has 74 valence electrons. The third-order valence-corrected chi connectivity index (χ3v) is 1.75.